The van der Waals surface area contributed by atoms with Crippen molar-refractivity contribution < 1.29 is 22.7 Å². The summed E-state index contributed by atoms with van der Waals surface area (Å²) >= 11 is 1.08. The van der Waals surface area contributed by atoms with Gasteiger partial charge in [0.15, 0.2) is 4.80 Å². The molecule has 0 fully saturated rings. The molecule has 1 aromatic heterocycles. The quantitative estimate of drug-likeness (QED) is 0.570. The molecule has 0 unspecified atom stereocenters. The van der Waals surface area contributed by atoms with E-state index in [1.165, 1.54) is 36.4 Å². The third-order valence-electron chi connectivity index (χ3n) is 4.41. The number of nitrogens with one attached hydrogen (secondary N) is 1. The standard InChI is InChI=1S/C21H21N3O5S2/c1-4-29-20(26)18-14(2)24(3)21(30-18)22-19(25)15-10-12-16(13-11-15)23-31(27,28)17-8-6-5-7-9-17/h5-13,23H,4H2,1-3H3. The summed E-state index contributed by atoms with van der Waals surface area (Å²) in [7, 11) is -2.01. The lowest BCUT2D eigenvalue weighted by molar-refractivity contribution is 0.0530. The first-order valence-corrected chi connectivity index (χ1v) is 11.6. The van der Waals surface area contributed by atoms with E-state index in [1.807, 2.05) is 0 Å². The summed E-state index contributed by atoms with van der Waals surface area (Å²) in [4.78, 5) is 29.6. The Hall–Kier alpha value is -3.24. The Kier molecular flexibility index (Phi) is 6.71. The minimum atomic E-state index is -3.72. The fourth-order valence-corrected chi connectivity index (χ4v) is 4.75. The molecule has 0 radical (unpaired) electrons. The van der Waals surface area contributed by atoms with E-state index in [-0.39, 0.29) is 17.1 Å². The van der Waals surface area contributed by atoms with Gasteiger partial charge in [0.1, 0.15) is 4.88 Å². The molecule has 3 aromatic rings. The lowest BCUT2D eigenvalue weighted by atomic mass is 10.2. The van der Waals surface area contributed by atoms with Crippen LogP contribution in [0.5, 0.6) is 0 Å². The maximum atomic E-state index is 12.6. The van der Waals surface area contributed by atoms with Crippen LogP contribution in [0.15, 0.2) is 64.5 Å². The van der Waals surface area contributed by atoms with Gasteiger partial charge < -0.3 is 9.30 Å². The van der Waals surface area contributed by atoms with Gasteiger partial charge in [-0.3, -0.25) is 9.52 Å². The molecule has 0 aliphatic carbocycles. The second kappa shape index (κ2) is 9.27. The van der Waals surface area contributed by atoms with E-state index in [9.17, 15) is 18.0 Å². The molecule has 0 aliphatic rings. The minimum absolute atomic E-state index is 0.142. The van der Waals surface area contributed by atoms with Crippen LogP contribution in [0.1, 0.15) is 32.6 Å². The van der Waals surface area contributed by atoms with Crippen molar-refractivity contribution in [3.63, 3.8) is 0 Å². The molecule has 0 atom stereocenters. The van der Waals surface area contributed by atoms with E-state index < -0.39 is 21.9 Å². The van der Waals surface area contributed by atoms with Crippen molar-refractivity contribution in [2.45, 2.75) is 18.7 Å². The predicted octanol–water partition coefficient (Wildman–Crippen LogP) is 3.11. The van der Waals surface area contributed by atoms with Crippen LogP contribution in [-0.4, -0.2) is 31.5 Å². The van der Waals surface area contributed by atoms with E-state index in [4.69, 9.17) is 4.74 Å². The average Bonchev–Trinajstić information content (AvgIpc) is 3.03. The van der Waals surface area contributed by atoms with Gasteiger partial charge in [0, 0.05) is 24.0 Å². The summed E-state index contributed by atoms with van der Waals surface area (Å²) in [5, 5.41) is 0. The Bertz CT molecular complexity index is 1270. The van der Waals surface area contributed by atoms with E-state index in [2.05, 4.69) is 9.71 Å². The van der Waals surface area contributed by atoms with E-state index >= 15 is 0 Å². The lowest BCUT2D eigenvalue weighted by Gasteiger charge is -2.08. The molecule has 0 saturated heterocycles. The first-order chi connectivity index (χ1) is 14.7. The van der Waals surface area contributed by atoms with Crippen LogP contribution in [0.2, 0.25) is 0 Å². The molecule has 162 valence electrons. The van der Waals surface area contributed by atoms with Crippen LogP contribution in [-0.2, 0) is 21.8 Å². The number of ether oxygens (including phenoxy) is 1. The van der Waals surface area contributed by atoms with Gasteiger partial charge in [0.25, 0.3) is 15.9 Å². The summed E-state index contributed by atoms with van der Waals surface area (Å²) < 4.78 is 33.9. The van der Waals surface area contributed by atoms with Crippen LogP contribution in [0.4, 0.5) is 5.69 Å². The number of sulfonamides is 1. The molecule has 10 heteroatoms. The third kappa shape index (κ3) is 5.09. The zero-order chi connectivity index (χ0) is 22.6. The topological polar surface area (TPSA) is 107 Å². The molecule has 8 nitrogen and oxygen atoms in total. The first kappa shape index (κ1) is 22.4. The average molecular weight is 460 g/mol. The Labute approximate surface area is 183 Å². The summed E-state index contributed by atoms with van der Waals surface area (Å²) in [5.74, 6) is -0.964. The molecule has 1 amide bonds. The molecule has 0 aliphatic heterocycles. The Morgan fingerprint density at radius 3 is 2.35 bits per heavy atom. The number of aromatic nitrogens is 1. The molecule has 0 saturated carbocycles. The van der Waals surface area contributed by atoms with Crippen LogP contribution < -0.4 is 9.52 Å². The van der Waals surface area contributed by atoms with Crippen molar-refractivity contribution in [3.05, 3.63) is 75.5 Å². The van der Waals surface area contributed by atoms with Crippen molar-refractivity contribution in [3.8, 4) is 0 Å². The van der Waals surface area contributed by atoms with Gasteiger partial charge in [-0.05, 0) is 50.2 Å². The van der Waals surface area contributed by atoms with Crippen LogP contribution in [0, 0.1) is 6.92 Å². The van der Waals surface area contributed by atoms with Gasteiger partial charge >= 0.3 is 5.97 Å². The van der Waals surface area contributed by atoms with E-state index in [1.54, 1.807) is 43.7 Å². The third-order valence-corrected chi connectivity index (χ3v) is 7.02. The number of carbonyl (C=O) groups excluding carboxylic acids is 2. The lowest BCUT2D eigenvalue weighted by Crippen LogP contribution is -2.15. The van der Waals surface area contributed by atoms with Gasteiger partial charge in [-0.15, -0.1) is 0 Å². The van der Waals surface area contributed by atoms with Gasteiger partial charge in [-0.2, -0.15) is 4.99 Å². The number of nitrogens with zero attached hydrogens (tertiary/aromatic N) is 2. The Balaban J connectivity index is 1.81. The molecular weight excluding hydrogens is 438 g/mol. The maximum absolute atomic E-state index is 12.6. The van der Waals surface area contributed by atoms with Crippen LogP contribution in [0.25, 0.3) is 0 Å². The SMILES string of the molecule is CCOC(=O)c1sc(=NC(=O)c2ccc(NS(=O)(=O)c3ccccc3)cc2)n(C)c1C. The zero-order valence-electron chi connectivity index (χ0n) is 17.2. The summed E-state index contributed by atoms with van der Waals surface area (Å²) in [6.07, 6.45) is 0. The van der Waals surface area contributed by atoms with Crippen molar-refractivity contribution in [2.24, 2.45) is 12.0 Å². The van der Waals surface area contributed by atoms with Gasteiger partial charge in [-0.1, -0.05) is 29.5 Å². The monoisotopic (exact) mass is 459 g/mol. The highest BCUT2D eigenvalue weighted by atomic mass is 32.2. The van der Waals surface area contributed by atoms with Crippen molar-refractivity contribution in [2.75, 3.05) is 11.3 Å². The smallest absolute Gasteiger partial charge is 0.350 e. The van der Waals surface area contributed by atoms with E-state index in [0.29, 0.717) is 21.1 Å². The number of amides is 1. The molecule has 0 bridgehead atoms. The largest absolute Gasteiger partial charge is 0.462 e. The van der Waals surface area contributed by atoms with Crippen molar-refractivity contribution in [1.29, 1.82) is 0 Å². The fraction of sp³-hybridized carbons (Fsp3) is 0.190. The number of hydrogen-bond donors (Lipinski definition) is 1. The molecule has 1 heterocycles. The highest BCUT2D eigenvalue weighted by molar-refractivity contribution is 7.92. The minimum Gasteiger partial charge on any atom is -0.462 e. The number of anilines is 1. The number of esters is 1. The Morgan fingerprint density at radius 1 is 1.10 bits per heavy atom. The summed E-state index contributed by atoms with van der Waals surface area (Å²) in [5.41, 5.74) is 1.26. The number of hydrogen-bond acceptors (Lipinski definition) is 6. The molecule has 0 spiro atoms. The fourth-order valence-electron chi connectivity index (χ4n) is 2.66. The molecule has 31 heavy (non-hydrogen) atoms. The molecule has 2 aromatic carbocycles. The molecule has 3 rings (SSSR count). The van der Waals surface area contributed by atoms with E-state index in [0.717, 1.165) is 11.3 Å². The zero-order valence-corrected chi connectivity index (χ0v) is 18.8. The van der Waals surface area contributed by atoms with Crippen LogP contribution in [0.3, 0.4) is 0 Å². The summed E-state index contributed by atoms with van der Waals surface area (Å²) in [6.45, 7) is 3.73. The Morgan fingerprint density at radius 2 is 1.74 bits per heavy atom. The van der Waals surface area contributed by atoms with Gasteiger partial charge in [0.2, 0.25) is 0 Å². The molecule has 1 N–H and O–H groups in total. The number of rotatable bonds is 6. The second-order valence-electron chi connectivity index (χ2n) is 6.49. The highest BCUT2D eigenvalue weighted by Crippen LogP contribution is 2.17. The first-order valence-electron chi connectivity index (χ1n) is 9.33. The highest BCUT2D eigenvalue weighted by Gasteiger charge is 2.17. The second-order valence-corrected chi connectivity index (χ2v) is 9.15. The number of thiazole rings is 1. The molecular formula is C21H21N3O5S2. The van der Waals surface area contributed by atoms with Crippen molar-refractivity contribution in [1.82, 2.24) is 4.57 Å². The van der Waals surface area contributed by atoms with Crippen LogP contribution >= 0.6 is 11.3 Å². The van der Waals surface area contributed by atoms with Gasteiger partial charge in [-0.25, -0.2) is 13.2 Å². The van der Waals surface area contributed by atoms with Crippen molar-refractivity contribution >= 4 is 38.9 Å². The predicted molar refractivity (Wildman–Crippen MR) is 118 cm³/mol. The normalized spacial score (nSPS) is 11.9. The maximum Gasteiger partial charge on any atom is 0.350 e. The number of carbonyl (C=O) groups is 2. The van der Waals surface area contributed by atoms with Gasteiger partial charge in [0.05, 0.1) is 11.5 Å². The number of benzene rings is 2. The summed E-state index contributed by atoms with van der Waals surface area (Å²) in [6, 6.07) is 13.9.